The van der Waals surface area contributed by atoms with Crippen LogP contribution in [0.25, 0.3) is 16.5 Å². The quantitative estimate of drug-likeness (QED) is 0.371. The number of nitrogens with zero attached hydrogens (tertiary/aromatic N) is 2. The number of rotatable bonds is 10. The average Bonchev–Trinajstić information content (AvgIpc) is 2.80. The van der Waals surface area contributed by atoms with Gasteiger partial charge in [-0.3, -0.25) is 9.69 Å². The number of carbonyl (C=O) groups is 1. The maximum absolute atomic E-state index is 12.8. The summed E-state index contributed by atoms with van der Waals surface area (Å²) in [4.78, 5) is 28.5. The van der Waals surface area contributed by atoms with Crippen LogP contribution in [0.4, 0.5) is 0 Å². The summed E-state index contributed by atoms with van der Waals surface area (Å²) in [5, 5.41) is 11.4. The second-order valence-electron chi connectivity index (χ2n) is 8.01. The number of ether oxygens (including phenoxy) is 1. The maximum Gasteiger partial charge on any atom is 0.344 e. The molecule has 7 nitrogen and oxygen atoms in total. The number of para-hydroxylation sites is 1. The molecule has 0 radical (unpaired) electrons. The Kier molecular flexibility index (Phi) is 8.03. The van der Waals surface area contributed by atoms with Crippen molar-refractivity contribution < 1.29 is 19.1 Å². The Labute approximate surface area is 193 Å². The highest BCUT2D eigenvalue weighted by Gasteiger charge is 2.22. The van der Waals surface area contributed by atoms with Gasteiger partial charge in [-0.25, -0.2) is 4.79 Å². The second kappa shape index (κ2) is 10.9. The molecule has 1 aromatic heterocycles. The molecule has 1 N–H and O–H groups in total. The first-order valence-electron chi connectivity index (χ1n) is 10.9. The Bertz CT molecular complexity index is 1210. The van der Waals surface area contributed by atoms with Gasteiger partial charge in [0.2, 0.25) is 0 Å². The fourth-order valence-electron chi connectivity index (χ4n) is 3.78. The van der Waals surface area contributed by atoms with Crippen LogP contribution in [0, 0.1) is 0 Å². The summed E-state index contributed by atoms with van der Waals surface area (Å²) in [5.74, 6) is 0.258. The van der Waals surface area contributed by atoms with Crippen LogP contribution in [0.15, 0.2) is 57.8 Å². The molecular weight excluding hydrogens is 420 g/mol. The first-order chi connectivity index (χ1) is 15.9. The number of carbonyl (C=O) groups excluding carboxylic acids is 1. The van der Waals surface area contributed by atoms with Gasteiger partial charge in [0.25, 0.3) is 6.47 Å². The molecular formula is C26H30N2O5. The van der Waals surface area contributed by atoms with Crippen molar-refractivity contribution in [1.29, 1.82) is 0 Å². The highest BCUT2D eigenvalue weighted by atomic mass is 16.5. The smallest absolute Gasteiger partial charge is 0.344 e. The third kappa shape index (κ3) is 5.50. The molecule has 2 aromatic carbocycles. The number of phenolic OH excluding ortho intramolecular Hbond substituents is 1. The van der Waals surface area contributed by atoms with E-state index < -0.39 is 5.63 Å². The number of likely N-dealkylation sites (N-methyl/N-ethyl adjacent to an activating group) is 2. The Hall–Kier alpha value is -3.42. The molecule has 0 aliphatic rings. The molecule has 3 rings (SSSR count). The molecule has 3 aromatic rings. The third-order valence-electron chi connectivity index (χ3n) is 5.60. The lowest BCUT2D eigenvalue weighted by Crippen LogP contribution is -2.31. The minimum atomic E-state index is -0.491. The van der Waals surface area contributed by atoms with Crippen molar-refractivity contribution in [2.75, 3.05) is 33.7 Å². The van der Waals surface area contributed by atoms with E-state index in [0.29, 0.717) is 40.9 Å². The van der Waals surface area contributed by atoms with E-state index in [2.05, 4.69) is 9.80 Å². The summed E-state index contributed by atoms with van der Waals surface area (Å²) < 4.78 is 10.9. The normalized spacial score (nSPS) is 12.0. The van der Waals surface area contributed by atoms with Crippen LogP contribution in [0.1, 0.15) is 30.5 Å². The molecule has 7 heteroatoms. The number of benzene rings is 2. The van der Waals surface area contributed by atoms with Gasteiger partial charge in [-0.2, -0.15) is 0 Å². The van der Waals surface area contributed by atoms with Crippen LogP contribution >= 0.6 is 0 Å². The topological polar surface area (TPSA) is 83.2 Å². The van der Waals surface area contributed by atoms with Gasteiger partial charge in [-0.05, 0) is 57.4 Å². The Morgan fingerprint density at radius 2 is 1.88 bits per heavy atom. The van der Waals surface area contributed by atoms with Gasteiger partial charge in [0, 0.05) is 30.6 Å². The summed E-state index contributed by atoms with van der Waals surface area (Å²) >= 11 is 0. The van der Waals surface area contributed by atoms with E-state index in [4.69, 9.17) is 9.15 Å². The average molecular weight is 451 g/mol. The first kappa shape index (κ1) is 24.2. The molecule has 33 heavy (non-hydrogen) atoms. The van der Waals surface area contributed by atoms with Gasteiger partial charge in [-0.15, -0.1) is 0 Å². The van der Waals surface area contributed by atoms with Crippen LogP contribution in [-0.2, 0) is 11.3 Å². The van der Waals surface area contributed by atoms with E-state index >= 15 is 0 Å². The van der Waals surface area contributed by atoms with E-state index in [1.165, 1.54) is 0 Å². The highest BCUT2D eigenvalue weighted by Crippen LogP contribution is 2.38. The van der Waals surface area contributed by atoms with E-state index in [9.17, 15) is 14.7 Å². The zero-order chi connectivity index (χ0) is 24.0. The van der Waals surface area contributed by atoms with E-state index in [1.807, 2.05) is 33.2 Å². The SMILES string of the molecule is C/C=C(\c1ccc(O)c(CN(CC)CCN(C)C)c1OC=O)c1cc2ccccc2oc1=O. The van der Waals surface area contributed by atoms with E-state index in [0.717, 1.165) is 25.0 Å². The summed E-state index contributed by atoms with van der Waals surface area (Å²) in [7, 11) is 4.00. The van der Waals surface area contributed by atoms with Crippen molar-refractivity contribution in [3.8, 4) is 11.5 Å². The van der Waals surface area contributed by atoms with Crippen molar-refractivity contribution >= 4 is 23.0 Å². The number of phenols is 1. The zero-order valence-corrected chi connectivity index (χ0v) is 19.5. The molecule has 0 saturated carbocycles. The van der Waals surface area contributed by atoms with Gasteiger partial charge in [0.15, 0.2) is 0 Å². The fourth-order valence-corrected chi connectivity index (χ4v) is 3.78. The molecule has 0 spiro atoms. The molecule has 0 aliphatic heterocycles. The second-order valence-corrected chi connectivity index (χ2v) is 8.01. The summed E-state index contributed by atoms with van der Waals surface area (Å²) in [6.45, 7) is 6.94. The molecule has 1 heterocycles. The lowest BCUT2D eigenvalue weighted by molar-refractivity contribution is -0.120. The first-order valence-corrected chi connectivity index (χ1v) is 10.9. The van der Waals surface area contributed by atoms with Crippen LogP contribution < -0.4 is 10.4 Å². The molecule has 0 atom stereocenters. The van der Waals surface area contributed by atoms with Crippen molar-refractivity contribution in [2.24, 2.45) is 0 Å². The molecule has 0 saturated heterocycles. The molecule has 0 fully saturated rings. The van der Waals surface area contributed by atoms with Gasteiger partial charge >= 0.3 is 5.63 Å². The highest BCUT2D eigenvalue weighted by molar-refractivity contribution is 5.88. The lowest BCUT2D eigenvalue weighted by Gasteiger charge is -2.24. The van der Waals surface area contributed by atoms with Crippen molar-refractivity contribution in [3.05, 3.63) is 75.7 Å². The van der Waals surface area contributed by atoms with E-state index in [1.54, 1.807) is 43.3 Å². The number of hydrogen-bond acceptors (Lipinski definition) is 7. The Morgan fingerprint density at radius 1 is 1.12 bits per heavy atom. The van der Waals surface area contributed by atoms with Crippen molar-refractivity contribution in [1.82, 2.24) is 9.80 Å². The van der Waals surface area contributed by atoms with E-state index in [-0.39, 0.29) is 11.5 Å². The number of hydrogen-bond donors (Lipinski definition) is 1. The number of allylic oxidation sites excluding steroid dienone is 1. The van der Waals surface area contributed by atoms with Crippen LogP contribution in [0.5, 0.6) is 11.5 Å². The predicted octanol–water partition coefficient (Wildman–Crippen LogP) is 3.87. The molecule has 0 bridgehead atoms. The minimum absolute atomic E-state index is 0.0277. The third-order valence-corrected chi connectivity index (χ3v) is 5.60. The maximum atomic E-state index is 12.8. The summed E-state index contributed by atoms with van der Waals surface area (Å²) in [6.07, 6.45) is 1.78. The summed E-state index contributed by atoms with van der Waals surface area (Å²) in [6, 6.07) is 12.3. The Balaban J connectivity index is 2.12. The molecule has 0 unspecified atom stereocenters. The van der Waals surface area contributed by atoms with Crippen molar-refractivity contribution in [3.63, 3.8) is 0 Å². The molecule has 174 valence electrons. The van der Waals surface area contributed by atoms with Gasteiger partial charge in [0.1, 0.15) is 17.1 Å². The van der Waals surface area contributed by atoms with Crippen molar-refractivity contribution in [2.45, 2.75) is 20.4 Å². The van der Waals surface area contributed by atoms with Crippen LogP contribution in [0.3, 0.4) is 0 Å². The largest absolute Gasteiger partial charge is 0.507 e. The zero-order valence-electron chi connectivity index (χ0n) is 19.5. The van der Waals surface area contributed by atoms with Crippen LogP contribution in [-0.4, -0.2) is 55.1 Å². The monoisotopic (exact) mass is 450 g/mol. The molecule has 0 aliphatic carbocycles. The summed E-state index contributed by atoms with van der Waals surface area (Å²) in [5.41, 5.74) is 1.94. The van der Waals surface area contributed by atoms with Gasteiger partial charge < -0.3 is 19.2 Å². The Morgan fingerprint density at radius 3 is 2.55 bits per heavy atom. The predicted molar refractivity (Wildman–Crippen MR) is 130 cm³/mol. The standard InChI is InChI=1S/C26H30N2O5/c1-5-19(21-15-18-9-7-8-10-24(18)33-26(21)31)20-11-12-23(30)22(25(20)32-17-29)16-28(6-2)14-13-27(3)4/h5,7-12,15,17,30H,6,13-14,16H2,1-4H3/b19-5+. The minimum Gasteiger partial charge on any atom is -0.507 e. The lowest BCUT2D eigenvalue weighted by atomic mass is 9.94. The fraction of sp³-hybridized carbons (Fsp3) is 0.308. The van der Waals surface area contributed by atoms with Gasteiger partial charge in [-0.1, -0.05) is 31.2 Å². The van der Waals surface area contributed by atoms with Gasteiger partial charge in [0.05, 0.1) is 11.1 Å². The number of fused-ring (bicyclic) bond motifs is 1. The molecule has 0 amide bonds. The van der Waals surface area contributed by atoms with Crippen LogP contribution in [0.2, 0.25) is 0 Å². The number of aromatic hydroxyl groups is 1.